The van der Waals surface area contributed by atoms with Gasteiger partial charge in [-0.15, -0.1) is 11.6 Å². The van der Waals surface area contributed by atoms with Crippen LogP contribution in [0, 0.1) is 5.82 Å². The predicted molar refractivity (Wildman–Crippen MR) is 79.5 cm³/mol. The first-order valence-corrected chi connectivity index (χ1v) is 6.82. The first-order valence-electron chi connectivity index (χ1n) is 5.90. The first kappa shape index (κ1) is 14.2. The number of hydrogen-bond donors (Lipinski definition) is 0. The SMILES string of the molecule is CN(Cc1cccc(Cl)c1)c1cccc(F)c1CCl. The Bertz CT molecular complexity index is 572. The van der Waals surface area contributed by atoms with Crippen molar-refractivity contribution >= 4 is 28.9 Å². The molecule has 0 unspecified atom stereocenters. The third-order valence-electron chi connectivity index (χ3n) is 2.95. The van der Waals surface area contributed by atoms with E-state index in [1.54, 1.807) is 6.07 Å². The molecule has 19 heavy (non-hydrogen) atoms. The van der Waals surface area contributed by atoms with E-state index in [0.29, 0.717) is 17.1 Å². The molecule has 4 heteroatoms. The lowest BCUT2D eigenvalue weighted by molar-refractivity contribution is 0.616. The molecule has 0 radical (unpaired) electrons. The van der Waals surface area contributed by atoms with E-state index >= 15 is 0 Å². The Morgan fingerprint density at radius 1 is 1.16 bits per heavy atom. The van der Waals surface area contributed by atoms with Crippen LogP contribution < -0.4 is 4.90 Å². The zero-order chi connectivity index (χ0) is 13.8. The number of halogens is 3. The van der Waals surface area contributed by atoms with Crippen molar-refractivity contribution < 1.29 is 4.39 Å². The van der Waals surface area contributed by atoms with Crippen molar-refractivity contribution in [1.82, 2.24) is 0 Å². The topological polar surface area (TPSA) is 3.24 Å². The van der Waals surface area contributed by atoms with Crippen molar-refractivity contribution in [1.29, 1.82) is 0 Å². The summed E-state index contributed by atoms with van der Waals surface area (Å²) in [5, 5.41) is 0.697. The van der Waals surface area contributed by atoms with E-state index < -0.39 is 0 Å². The van der Waals surface area contributed by atoms with Gasteiger partial charge in [0.05, 0.1) is 5.88 Å². The zero-order valence-corrected chi connectivity index (χ0v) is 12.0. The van der Waals surface area contributed by atoms with Crippen molar-refractivity contribution in [2.75, 3.05) is 11.9 Å². The Morgan fingerprint density at radius 2 is 1.89 bits per heavy atom. The fourth-order valence-electron chi connectivity index (χ4n) is 2.03. The average Bonchev–Trinajstić information content (AvgIpc) is 2.38. The summed E-state index contributed by atoms with van der Waals surface area (Å²) < 4.78 is 13.7. The molecule has 0 aliphatic rings. The second kappa shape index (κ2) is 6.27. The summed E-state index contributed by atoms with van der Waals surface area (Å²) in [6.07, 6.45) is 0. The van der Waals surface area contributed by atoms with Gasteiger partial charge < -0.3 is 4.90 Å². The smallest absolute Gasteiger partial charge is 0.129 e. The molecule has 0 saturated heterocycles. The molecule has 2 aromatic carbocycles. The van der Waals surface area contributed by atoms with E-state index in [0.717, 1.165) is 11.3 Å². The molecule has 0 N–H and O–H groups in total. The van der Waals surface area contributed by atoms with Crippen LogP contribution in [0.5, 0.6) is 0 Å². The lowest BCUT2D eigenvalue weighted by Crippen LogP contribution is -2.18. The molecular formula is C15H14Cl2FN. The normalized spacial score (nSPS) is 10.5. The van der Waals surface area contributed by atoms with Gasteiger partial charge in [-0.3, -0.25) is 0 Å². The van der Waals surface area contributed by atoms with Gasteiger partial charge in [0.2, 0.25) is 0 Å². The number of nitrogens with zero attached hydrogens (tertiary/aromatic N) is 1. The van der Waals surface area contributed by atoms with E-state index in [1.807, 2.05) is 42.3 Å². The van der Waals surface area contributed by atoms with Crippen LogP contribution in [0.15, 0.2) is 42.5 Å². The molecule has 0 fully saturated rings. The molecule has 0 atom stereocenters. The molecule has 2 aromatic rings. The van der Waals surface area contributed by atoms with E-state index in [-0.39, 0.29) is 11.7 Å². The summed E-state index contributed by atoms with van der Waals surface area (Å²) in [6, 6.07) is 12.6. The number of benzene rings is 2. The predicted octanol–water partition coefficient (Wildman–Crippen LogP) is 4.85. The molecule has 0 heterocycles. The van der Waals surface area contributed by atoms with E-state index in [1.165, 1.54) is 6.07 Å². The van der Waals surface area contributed by atoms with E-state index in [4.69, 9.17) is 23.2 Å². The Balaban J connectivity index is 2.25. The van der Waals surface area contributed by atoms with Crippen molar-refractivity contribution in [3.05, 3.63) is 64.4 Å². The van der Waals surface area contributed by atoms with Gasteiger partial charge in [-0.25, -0.2) is 4.39 Å². The quantitative estimate of drug-likeness (QED) is 0.729. The second-order valence-corrected chi connectivity index (χ2v) is 5.06. The molecule has 0 saturated carbocycles. The summed E-state index contributed by atoms with van der Waals surface area (Å²) in [5.74, 6) is -0.118. The van der Waals surface area contributed by atoms with E-state index in [9.17, 15) is 4.39 Å². The highest BCUT2D eigenvalue weighted by Crippen LogP contribution is 2.25. The molecule has 100 valence electrons. The molecule has 0 amide bonds. The molecule has 0 bridgehead atoms. The van der Waals surface area contributed by atoms with Gasteiger partial charge in [0.1, 0.15) is 5.82 Å². The highest BCUT2D eigenvalue weighted by molar-refractivity contribution is 6.30. The molecule has 0 spiro atoms. The Morgan fingerprint density at radius 3 is 2.58 bits per heavy atom. The fraction of sp³-hybridized carbons (Fsp3) is 0.200. The van der Waals surface area contributed by atoms with Crippen molar-refractivity contribution in [3.8, 4) is 0 Å². The van der Waals surface area contributed by atoms with Crippen LogP contribution in [-0.2, 0) is 12.4 Å². The summed E-state index contributed by atoms with van der Waals surface area (Å²) in [6.45, 7) is 0.647. The zero-order valence-electron chi connectivity index (χ0n) is 10.5. The molecule has 0 aliphatic carbocycles. The third kappa shape index (κ3) is 3.40. The van der Waals surface area contributed by atoms with Crippen LogP contribution in [0.4, 0.5) is 10.1 Å². The monoisotopic (exact) mass is 297 g/mol. The lowest BCUT2D eigenvalue weighted by atomic mass is 10.1. The summed E-state index contributed by atoms with van der Waals surface area (Å²) >= 11 is 11.8. The van der Waals surface area contributed by atoms with Crippen LogP contribution in [-0.4, -0.2) is 7.05 Å². The highest BCUT2D eigenvalue weighted by atomic mass is 35.5. The number of anilines is 1. The third-order valence-corrected chi connectivity index (χ3v) is 3.45. The van der Waals surface area contributed by atoms with Crippen molar-refractivity contribution in [2.45, 2.75) is 12.4 Å². The summed E-state index contributed by atoms with van der Waals surface area (Å²) in [4.78, 5) is 1.96. The Labute approximate surface area is 122 Å². The largest absolute Gasteiger partial charge is 0.370 e. The van der Waals surface area contributed by atoms with E-state index in [2.05, 4.69) is 0 Å². The number of rotatable bonds is 4. The maximum absolute atomic E-state index is 13.7. The standard InChI is InChI=1S/C15H14Cl2FN/c1-19(10-11-4-2-5-12(17)8-11)15-7-3-6-14(18)13(15)9-16/h2-8H,9-10H2,1H3. The van der Waals surface area contributed by atoms with Gasteiger partial charge in [-0.05, 0) is 29.8 Å². The fourth-order valence-corrected chi connectivity index (χ4v) is 2.51. The van der Waals surface area contributed by atoms with Gasteiger partial charge in [0.25, 0.3) is 0 Å². The van der Waals surface area contributed by atoms with Gasteiger partial charge in [0, 0.05) is 29.9 Å². The van der Waals surface area contributed by atoms with Crippen LogP contribution in [0.3, 0.4) is 0 Å². The van der Waals surface area contributed by atoms with Gasteiger partial charge in [-0.2, -0.15) is 0 Å². The van der Waals surface area contributed by atoms with Crippen molar-refractivity contribution in [3.63, 3.8) is 0 Å². The van der Waals surface area contributed by atoms with Gasteiger partial charge in [0.15, 0.2) is 0 Å². The second-order valence-electron chi connectivity index (χ2n) is 4.36. The van der Waals surface area contributed by atoms with Crippen molar-refractivity contribution in [2.24, 2.45) is 0 Å². The lowest BCUT2D eigenvalue weighted by Gasteiger charge is -2.22. The first-order chi connectivity index (χ1) is 9.11. The average molecular weight is 298 g/mol. The minimum atomic E-state index is -0.273. The van der Waals surface area contributed by atoms with Crippen LogP contribution in [0.2, 0.25) is 5.02 Å². The van der Waals surface area contributed by atoms with Gasteiger partial charge >= 0.3 is 0 Å². The molecule has 2 rings (SSSR count). The summed E-state index contributed by atoms with van der Waals surface area (Å²) in [7, 11) is 1.91. The van der Waals surface area contributed by atoms with Crippen LogP contribution in [0.1, 0.15) is 11.1 Å². The van der Waals surface area contributed by atoms with Crippen LogP contribution in [0.25, 0.3) is 0 Å². The molecule has 0 aromatic heterocycles. The Kier molecular flexibility index (Phi) is 4.67. The molecule has 0 aliphatic heterocycles. The van der Waals surface area contributed by atoms with Gasteiger partial charge in [-0.1, -0.05) is 29.8 Å². The molecule has 1 nitrogen and oxygen atoms in total. The highest BCUT2D eigenvalue weighted by Gasteiger charge is 2.11. The minimum Gasteiger partial charge on any atom is -0.370 e. The Hall–Kier alpha value is -1.25. The van der Waals surface area contributed by atoms with Crippen LogP contribution >= 0.6 is 23.2 Å². The number of alkyl halides is 1. The molecular weight excluding hydrogens is 284 g/mol. The maximum atomic E-state index is 13.7. The maximum Gasteiger partial charge on any atom is 0.129 e. The summed E-state index contributed by atoms with van der Waals surface area (Å²) in [5.41, 5.74) is 2.39. The minimum absolute atomic E-state index is 0.155. The number of hydrogen-bond acceptors (Lipinski definition) is 1.